The molecule has 3 N–H and O–H groups in total. The van der Waals surface area contributed by atoms with E-state index in [4.69, 9.17) is 14.2 Å². The number of hydrogen-bond donors (Lipinski definition) is 3. The van der Waals surface area contributed by atoms with Gasteiger partial charge in [-0.1, -0.05) is 6.42 Å². The molecule has 0 radical (unpaired) electrons. The third kappa shape index (κ3) is 6.97. The summed E-state index contributed by atoms with van der Waals surface area (Å²) in [5, 5.41) is 6.24. The fourth-order valence-corrected chi connectivity index (χ4v) is 3.85. The number of anilines is 1. The third-order valence-electron chi connectivity index (χ3n) is 4.72. The molecule has 0 amide bonds. The van der Waals surface area contributed by atoms with E-state index in [0.717, 1.165) is 12.8 Å². The number of aliphatic imine (C=N–C) groups is 1. The minimum atomic E-state index is -3.34. The lowest BCUT2D eigenvalue weighted by atomic mass is 9.86. The Bertz CT molecular complexity index is 769. The number of hydrogen-bond acceptors (Lipinski definition) is 6. The zero-order valence-electron chi connectivity index (χ0n) is 17.6. The van der Waals surface area contributed by atoms with Crippen LogP contribution in [0.3, 0.4) is 0 Å². The molecule has 0 atom stereocenters. The maximum Gasteiger partial charge on any atom is 0.213 e. The SMILES string of the molecule is CCNC(=NCCS(=O)(=O)NCC1CCC1)Nc1cc(OC)c(OC)c(OC)c1. The molecule has 0 saturated heterocycles. The monoisotopic (exact) mass is 428 g/mol. The van der Waals surface area contributed by atoms with Gasteiger partial charge in [0.25, 0.3) is 0 Å². The normalized spacial score (nSPS) is 14.8. The molecule has 0 bridgehead atoms. The first kappa shape index (κ1) is 23.1. The smallest absolute Gasteiger partial charge is 0.213 e. The molecule has 10 heteroatoms. The molecular weight excluding hydrogens is 396 g/mol. The first-order chi connectivity index (χ1) is 13.9. The molecule has 0 aromatic heterocycles. The molecule has 29 heavy (non-hydrogen) atoms. The Kier molecular flexibility index (Phi) is 8.84. The van der Waals surface area contributed by atoms with Gasteiger partial charge in [-0.05, 0) is 25.7 Å². The van der Waals surface area contributed by atoms with Crippen LogP contribution in [0.1, 0.15) is 26.2 Å². The minimum absolute atomic E-state index is 0.0639. The Morgan fingerprint density at radius 2 is 1.79 bits per heavy atom. The Morgan fingerprint density at radius 3 is 2.28 bits per heavy atom. The standard InChI is InChI=1S/C19H32N4O5S/c1-5-20-19(21-9-10-29(24,25)22-13-14-7-6-8-14)23-15-11-16(26-2)18(28-4)17(12-15)27-3/h11-12,14,22H,5-10,13H2,1-4H3,(H2,20,21,23). The highest BCUT2D eigenvalue weighted by molar-refractivity contribution is 7.89. The third-order valence-corrected chi connectivity index (χ3v) is 6.04. The molecule has 9 nitrogen and oxygen atoms in total. The van der Waals surface area contributed by atoms with Crippen LogP contribution in [0.2, 0.25) is 0 Å². The van der Waals surface area contributed by atoms with E-state index in [1.54, 1.807) is 33.5 Å². The van der Waals surface area contributed by atoms with Gasteiger partial charge in [-0.25, -0.2) is 13.1 Å². The second kappa shape index (κ2) is 11.1. The van der Waals surface area contributed by atoms with Gasteiger partial charge in [0.05, 0.1) is 33.6 Å². The van der Waals surface area contributed by atoms with E-state index >= 15 is 0 Å². The fourth-order valence-electron chi connectivity index (χ4n) is 2.89. The van der Waals surface area contributed by atoms with E-state index in [1.165, 1.54) is 6.42 Å². The minimum Gasteiger partial charge on any atom is -0.493 e. The van der Waals surface area contributed by atoms with Gasteiger partial charge >= 0.3 is 0 Å². The van der Waals surface area contributed by atoms with Gasteiger partial charge in [0.1, 0.15) is 0 Å². The van der Waals surface area contributed by atoms with Gasteiger partial charge in [0.15, 0.2) is 17.5 Å². The number of sulfonamides is 1. The van der Waals surface area contributed by atoms with Crippen molar-refractivity contribution in [3.05, 3.63) is 12.1 Å². The highest BCUT2D eigenvalue weighted by atomic mass is 32.2. The van der Waals surface area contributed by atoms with Crippen LogP contribution in [0.5, 0.6) is 17.2 Å². The first-order valence-electron chi connectivity index (χ1n) is 9.75. The lowest BCUT2D eigenvalue weighted by Crippen LogP contribution is -2.35. The lowest BCUT2D eigenvalue weighted by Gasteiger charge is -2.25. The molecular formula is C19H32N4O5S. The van der Waals surface area contributed by atoms with Crippen LogP contribution in [0.4, 0.5) is 5.69 Å². The molecule has 2 rings (SSSR count). The van der Waals surface area contributed by atoms with Crippen LogP contribution in [0, 0.1) is 5.92 Å². The lowest BCUT2D eigenvalue weighted by molar-refractivity contribution is 0.316. The van der Waals surface area contributed by atoms with Crippen molar-refractivity contribution in [2.24, 2.45) is 10.9 Å². The van der Waals surface area contributed by atoms with Crippen molar-refractivity contribution in [3.63, 3.8) is 0 Å². The zero-order valence-corrected chi connectivity index (χ0v) is 18.4. The summed E-state index contributed by atoms with van der Waals surface area (Å²) >= 11 is 0. The van der Waals surface area contributed by atoms with Crippen molar-refractivity contribution >= 4 is 21.7 Å². The summed E-state index contributed by atoms with van der Waals surface area (Å²) in [6, 6.07) is 3.51. The van der Waals surface area contributed by atoms with E-state index < -0.39 is 10.0 Å². The molecule has 0 spiro atoms. The number of nitrogens with zero attached hydrogens (tertiary/aromatic N) is 1. The van der Waals surface area contributed by atoms with Crippen molar-refractivity contribution in [3.8, 4) is 17.2 Å². The molecule has 1 aliphatic rings. The van der Waals surface area contributed by atoms with Crippen LogP contribution in [-0.2, 0) is 10.0 Å². The quantitative estimate of drug-likeness (QED) is 0.364. The van der Waals surface area contributed by atoms with E-state index in [-0.39, 0.29) is 12.3 Å². The second-order valence-electron chi connectivity index (χ2n) is 6.76. The van der Waals surface area contributed by atoms with Gasteiger partial charge in [-0.3, -0.25) is 4.99 Å². The number of guanidine groups is 1. The molecule has 1 aromatic carbocycles. The van der Waals surface area contributed by atoms with Gasteiger partial charge in [0, 0.05) is 30.9 Å². The van der Waals surface area contributed by atoms with E-state index in [0.29, 0.717) is 47.9 Å². The van der Waals surface area contributed by atoms with E-state index in [1.807, 2.05) is 6.92 Å². The largest absolute Gasteiger partial charge is 0.493 e. The Balaban J connectivity index is 2.03. The molecule has 1 saturated carbocycles. The predicted octanol–water partition coefficient (Wildman–Crippen LogP) is 1.81. The summed E-state index contributed by atoms with van der Waals surface area (Å²) < 4.78 is 43.0. The van der Waals surface area contributed by atoms with Crippen LogP contribution in [0.15, 0.2) is 17.1 Å². The molecule has 0 heterocycles. The van der Waals surface area contributed by atoms with Gasteiger partial charge < -0.3 is 24.8 Å². The molecule has 1 aromatic rings. The van der Waals surface area contributed by atoms with Crippen LogP contribution >= 0.6 is 0 Å². The van der Waals surface area contributed by atoms with Crippen LogP contribution in [0.25, 0.3) is 0 Å². The summed E-state index contributed by atoms with van der Waals surface area (Å²) in [6.45, 7) is 3.22. The molecule has 1 fully saturated rings. The van der Waals surface area contributed by atoms with E-state index in [9.17, 15) is 8.42 Å². The van der Waals surface area contributed by atoms with Crippen LogP contribution < -0.4 is 29.6 Å². The van der Waals surface area contributed by atoms with Gasteiger partial charge in [-0.2, -0.15) is 0 Å². The van der Waals surface area contributed by atoms with Crippen molar-refractivity contribution < 1.29 is 22.6 Å². The molecule has 1 aliphatic carbocycles. The number of methoxy groups -OCH3 is 3. The van der Waals surface area contributed by atoms with Crippen molar-refractivity contribution in [1.82, 2.24) is 10.0 Å². The maximum atomic E-state index is 12.1. The van der Waals surface area contributed by atoms with Crippen LogP contribution in [-0.4, -0.2) is 61.1 Å². The van der Waals surface area contributed by atoms with Crippen molar-refractivity contribution in [2.75, 3.05) is 52.0 Å². The predicted molar refractivity (Wildman–Crippen MR) is 115 cm³/mol. The number of benzene rings is 1. The topological polar surface area (TPSA) is 110 Å². The number of nitrogens with one attached hydrogen (secondary N) is 3. The maximum absolute atomic E-state index is 12.1. The Labute approximate surface area is 173 Å². The molecule has 0 unspecified atom stereocenters. The summed E-state index contributed by atoms with van der Waals surface area (Å²) in [5.74, 6) is 2.39. The first-order valence-corrected chi connectivity index (χ1v) is 11.4. The summed E-state index contributed by atoms with van der Waals surface area (Å²) in [6.07, 6.45) is 3.39. The highest BCUT2D eigenvalue weighted by Crippen LogP contribution is 2.39. The van der Waals surface area contributed by atoms with Gasteiger partial charge in [-0.15, -0.1) is 0 Å². The average molecular weight is 429 g/mol. The molecule has 0 aliphatic heterocycles. The zero-order chi connectivity index (χ0) is 21.3. The summed E-state index contributed by atoms with van der Waals surface area (Å²) in [5.41, 5.74) is 0.671. The van der Waals surface area contributed by atoms with Crippen molar-refractivity contribution in [2.45, 2.75) is 26.2 Å². The Hall–Kier alpha value is -2.20. The van der Waals surface area contributed by atoms with E-state index in [2.05, 4.69) is 20.3 Å². The molecule has 164 valence electrons. The average Bonchev–Trinajstić information content (AvgIpc) is 2.65. The second-order valence-corrected chi connectivity index (χ2v) is 8.69. The van der Waals surface area contributed by atoms with Gasteiger partial charge in [0.2, 0.25) is 15.8 Å². The summed E-state index contributed by atoms with van der Waals surface area (Å²) in [7, 11) is 1.29. The number of rotatable bonds is 11. The van der Waals surface area contributed by atoms with Crippen molar-refractivity contribution in [1.29, 1.82) is 0 Å². The highest BCUT2D eigenvalue weighted by Gasteiger charge is 2.20. The fraction of sp³-hybridized carbons (Fsp3) is 0.632. The number of ether oxygens (including phenoxy) is 3. The Morgan fingerprint density at radius 1 is 1.14 bits per heavy atom. The summed E-state index contributed by atoms with van der Waals surface area (Å²) in [4.78, 5) is 4.37.